The van der Waals surface area contributed by atoms with Gasteiger partial charge in [0.15, 0.2) is 0 Å². The maximum absolute atomic E-state index is 14.3. The number of amides is 1. The van der Waals surface area contributed by atoms with E-state index in [9.17, 15) is 13.6 Å². The minimum absolute atomic E-state index is 0.0640. The van der Waals surface area contributed by atoms with Crippen LogP contribution in [-0.2, 0) is 9.53 Å². The molecule has 1 aliphatic heterocycles. The summed E-state index contributed by atoms with van der Waals surface area (Å²) in [5.74, 6) is -1.00. The molecule has 2 aromatic carbocycles. The van der Waals surface area contributed by atoms with Crippen LogP contribution >= 0.6 is 0 Å². The third-order valence-corrected chi connectivity index (χ3v) is 4.37. The largest absolute Gasteiger partial charge is 0.383 e. The first kappa shape index (κ1) is 19.1. The van der Waals surface area contributed by atoms with Crippen molar-refractivity contribution in [1.29, 1.82) is 0 Å². The lowest BCUT2D eigenvalue weighted by atomic mass is 9.98. The second-order valence-corrected chi connectivity index (χ2v) is 6.20. The number of methoxy groups -OCH3 is 1. The Morgan fingerprint density at radius 1 is 1.22 bits per heavy atom. The van der Waals surface area contributed by atoms with Gasteiger partial charge in [0, 0.05) is 25.6 Å². The highest BCUT2D eigenvalue weighted by molar-refractivity contribution is 6.03. The van der Waals surface area contributed by atoms with E-state index in [0.29, 0.717) is 36.4 Å². The number of nitrogens with one attached hydrogen (secondary N) is 1. The molecule has 5 nitrogen and oxygen atoms in total. The molecular formula is C20H21F2N3O2. The maximum Gasteiger partial charge on any atom is 0.257 e. The summed E-state index contributed by atoms with van der Waals surface area (Å²) < 4.78 is 32.5. The van der Waals surface area contributed by atoms with Gasteiger partial charge in [-0.1, -0.05) is 30.3 Å². The number of benzene rings is 2. The summed E-state index contributed by atoms with van der Waals surface area (Å²) in [6.07, 6.45) is 0.358. The van der Waals surface area contributed by atoms with Crippen LogP contribution in [0.5, 0.6) is 0 Å². The Labute approximate surface area is 156 Å². The summed E-state index contributed by atoms with van der Waals surface area (Å²) in [7, 11) is 1.58. The van der Waals surface area contributed by atoms with E-state index < -0.39 is 6.04 Å². The average Bonchev–Trinajstić information content (AvgIpc) is 3.11. The van der Waals surface area contributed by atoms with Crippen LogP contribution in [0.25, 0.3) is 0 Å². The third kappa shape index (κ3) is 4.56. The van der Waals surface area contributed by atoms with Gasteiger partial charge < -0.3 is 10.1 Å². The molecule has 2 aromatic rings. The lowest BCUT2D eigenvalue weighted by Gasteiger charge is -2.22. The van der Waals surface area contributed by atoms with Gasteiger partial charge in [-0.3, -0.25) is 4.79 Å². The monoisotopic (exact) mass is 373 g/mol. The standard InChI is InChI=1S/C20H21F2N3O2/c1-27-11-10-23-13-20(26)25-19(16-4-2-3-5-17(16)22)12-18(24-25)14-6-8-15(21)9-7-14/h2-9,19,23H,10-13H2,1H3. The molecular weight excluding hydrogens is 352 g/mol. The molecule has 3 rings (SSSR count). The molecule has 1 aliphatic rings. The van der Waals surface area contributed by atoms with Crippen molar-refractivity contribution in [1.82, 2.24) is 10.3 Å². The van der Waals surface area contributed by atoms with Crippen molar-refractivity contribution < 1.29 is 18.3 Å². The molecule has 0 saturated heterocycles. The predicted molar refractivity (Wildman–Crippen MR) is 98.3 cm³/mol. The number of rotatable bonds is 7. The Hall–Kier alpha value is -2.64. The number of hydrogen-bond donors (Lipinski definition) is 1. The Morgan fingerprint density at radius 3 is 2.67 bits per heavy atom. The van der Waals surface area contributed by atoms with E-state index in [1.807, 2.05) is 0 Å². The van der Waals surface area contributed by atoms with Gasteiger partial charge in [-0.25, -0.2) is 13.8 Å². The van der Waals surface area contributed by atoms with Gasteiger partial charge in [0.05, 0.1) is 24.9 Å². The quantitative estimate of drug-likeness (QED) is 0.760. The second kappa shape index (κ2) is 8.83. The Balaban J connectivity index is 1.84. The maximum atomic E-state index is 14.3. The van der Waals surface area contributed by atoms with Gasteiger partial charge in [-0.05, 0) is 23.8 Å². The van der Waals surface area contributed by atoms with Crippen LogP contribution in [0.3, 0.4) is 0 Å². The molecule has 0 fully saturated rings. The van der Waals surface area contributed by atoms with Crippen molar-refractivity contribution in [2.45, 2.75) is 12.5 Å². The smallest absolute Gasteiger partial charge is 0.257 e. The minimum Gasteiger partial charge on any atom is -0.383 e. The molecule has 0 aromatic heterocycles. The van der Waals surface area contributed by atoms with Crippen LogP contribution in [0.4, 0.5) is 8.78 Å². The highest BCUT2D eigenvalue weighted by Gasteiger charge is 2.34. The molecule has 0 radical (unpaired) electrons. The topological polar surface area (TPSA) is 53.9 Å². The van der Waals surface area contributed by atoms with E-state index >= 15 is 0 Å². The van der Waals surface area contributed by atoms with Crippen LogP contribution in [0.1, 0.15) is 23.6 Å². The molecule has 1 N–H and O–H groups in total. The zero-order chi connectivity index (χ0) is 19.2. The minimum atomic E-state index is -0.539. The van der Waals surface area contributed by atoms with Crippen molar-refractivity contribution in [3.05, 3.63) is 71.3 Å². The Kier molecular flexibility index (Phi) is 6.26. The number of carbonyl (C=O) groups excluding carboxylic acids is 1. The number of hydrazone groups is 1. The lowest BCUT2D eigenvalue weighted by molar-refractivity contribution is -0.132. The zero-order valence-electron chi connectivity index (χ0n) is 15.0. The molecule has 0 bridgehead atoms. The summed E-state index contributed by atoms with van der Waals surface area (Å²) in [5.41, 5.74) is 1.73. The molecule has 0 aliphatic carbocycles. The molecule has 1 amide bonds. The number of hydrogen-bond acceptors (Lipinski definition) is 4. The van der Waals surface area contributed by atoms with Gasteiger partial charge in [-0.15, -0.1) is 0 Å². The number of nitrogens with zero attached hydrogens (tertiary/aromatic N) is 2. The summed E-state index contributed by atoms with van der Waals surface area (Å²) in [6, 6.07) is 11.7. The number of ether oxygens (including phenoxy) is 1. The molecule has 1 atom stereocenters. The van der Waals surface area contributed by atoms with Gasteiger partial charge >= 0.3 is 0 Å². The number of carbonyl (C=O) groups is 1. The second-order valence-electron chi connectivity index (χ2n) is 6.20. The zero-order valence-corrected chi connectivity index (χ0v) is 15.0. The van der Waals surface area contributed by atoms with E-state index in [0.717, 1.165) is 0 Å². The Morgan fingerprint density at radius 2 is 1.96 bits per heavy atom. The van der Waals surface area contributed by atoms with Crippen molar-refractivity contribution in [3.8, 4) is 0 Å². The van der Waals surface area contributed by atoms with Crippen LogP contribution in [-0.4, -0.2) is 43.4 Å². The van der Waals surface area contributed by atoms with E-state index in [1.165, 1.54) is 23.2 Å². The fourth-order valence-electron chi connectivity index (χ4n) is 3.00. The SMILES string of the molecule is COCCNCC(=O)N1N=C(c2ccc(F)cc2)CC1c1ccccc1F. The summed E-state index contributed by atoms with van der Waals surface area (Å²) >= 11 is 0. The van der Waals surface area contributed by atoms with Crippen molar-refractivity contribution >= 4 is 11.6 Å². The molecule has 1 unspecified atom stereocenters. The molecule has 142 valence electrons. The lowest BCUT2D eigenvalue weighted by Crippen LogP contribution is -2.36. The van der Waals surface area contributed by atoms with Gasteiger partial charge in [0.2, 0.25) is 0 Å². The number of halogens is 2. The van der Waals surface area contributed by atoms with Crippen molar-refractivity contribution in [2.75, 3.05) is 26.8 Å². The predicted octanol–water partition coefficient (Wildman–Crippen LogP) is 2.88. The Bertz CT molecular complexity index is 824. The van der Waals surface area contributed by atoms with Crippen LogP contribution in [0.2, 0.25) is 0 Å². The van der Waals surface area contributed by atoms with Gasteiger partial charge in [-0.2, -0.15) is 5.10 Å². The van der Waals surface area contributed by atoms with Crippen molar-refractivity contribution in [2.24, 2.45) is 5.10 Å². The first-order chi connectivity index (χ1) is 13.1. The molecule has 1 heterocycles. The van der Waals surface area contributed by atoms with Gasteiger partial charge in [0.25, 0.3) is 5.91 Å². The van der Waals surface area contributed by atoms with Crippen LogP contribution in [0.15, 0.2) is 53.6 Å². The highest BCUT2D eigenvalue weighted by Crippen LogP contribution is 2.34. The van der Waals surface area contributed by atoms with Crippen LogP contribution < -0.4 is 5.32 Å². The molecule has 0 spiro atoms. The fraction of sp³-hybridized carbons (Fsp3) is 0.300. The van der Waals surface area contributed by atoms with E-state index in [2.05, 4.69) is 10.4 Å². The fourth-order valence-corrected chi connectivity index (χ4v) is 3.00. The molecule has 27 heavy (non-hydrogen) atoms. The molecule has 0 saturated carbocycles. The first-order valence-corrected chi connectivity index (χ1v) is 8.69. The summed E-state index contributed by atoms with van der Waals surface area (Å²) in [5, 5.41) is 8.73. The van der Waals surface area contributed by atoms with E-state index in [4.69, 9.17) is 4.74 Å². The first-order valence-electron chi connectivity index (χ1n) is 8.69. The van der Waals surface area contributed by atoms with Crippen molar-refractivity contribution in [3.63, 3.8) is 0 Å². The highest BCUT2D eigenvalue weighted by atomic mass is 19.1. The van der Waals surface area contributed by atoms with Crippen LogP contribution in [0, 0.1) is 11.6 Å². The van der Waals surface area contributed by atoms with E-state index in [-0.39, 0.29) is 24.1 Å². The average molecular weight is 373 g/mol. The third-order valence-electron chi connectivity index (χ3n) is 4.37. The summed E-state index contributed by atoms with van der Waals surface area (Å²) in [6.45, 7) is 1.07. The van der Waals surface area contributed by atoms with Gasteiger partial charge in [0.1, 0.15) is 11.6 Å². The summed E-state index contributed by atoms with van der Waals surface area (Å²) in [4.78, 5) is 12.7. The molecule has 7 heteroatoms. The van der Waals surface area contributed by atoms with E-state index in [1.54, 1.807) is 37.4 Å². The normalized spacial score (nSPS) is 16.5.